The maximum absolute atomic E-state index is 13.0. The second kappa shape index (κ2) is 9.44. The van der Waals surface area contributed by atoms with E-state index < -0.39 is 5.60 Å². The van der Waals surface area contributed by atoms with E-state index in [2.05, 4.69) is 33.8 Å². The lowest BCUT2D eigenvalue weighted by Gasteiger charge is -2.44. The van der Waals surface area contributed by atoms with Gasteiger partial charge in [-0.3, -0.25) is 9.59 Å². The minimum Gasteiger partial charge on any atom is -0.496 e. The highest BCUT2D eigenvalue weighted by Crippen LogP contribution is 2.44. The Hall–Kier alpha value is -3.22. The van der Waals surface area contributed by atoms with Crippen molar-refractivity contribution in [3.8, 4) is 23.0 Å². The third-order valence-corrected chi connectivity index (χ3v) is 6.90. The van der Waals surface area contributed by atoms with Gasteiger partial charge in [0.2, 0.25) is 0 Å². The van der Waals surface area contributed by atoms with Crippen molar-refractivity contribution in [1.82, 2.24) is 4.90 Å². The molecule has 0 radical (unpaired) electrons. The van der Waals surface area contributed by atoms with E-state index in [9.17, 15) is 9.59 Å². The Morgan fingerprint density at radius 2 is 1.77 bits per heavy atom. The fourth-order valence-electron chi connectivity index (χ4n) is 4.88. The van der Waals surface area contributed by atoms with Gasteiger partial charge in [0, 0.05) is 38.1 Å². The van der Waals surface area contributed by atoms with Crippen LogP contribution in [0.1, 0.15) is 61.5 Å². The first-order valence-electron chi connectivity index (χ1n) is 12.1. The van der Waals surface area contributed by atoms with E-state index in [0.29, 0.717) is 48.7 Å². The molecule has 0 unspecified atom stereocenters. The summed E-state index contributed by atoms with van der Waals surface area (Å²) in [5, 5.41) is 0. The predicted molar refractivity (Wildman–Crippen MR) is 133 cm³/mol. The highest BCUT2D eigenvalue weighted by Gasteiger charge is 2.45. The summed E-state index contributed by atoms with van der Waals surface area (Å²) in [6.07, 6.45) is 1.40. The summed E-state index contributed by atoms with van der Waals surface area (Å²) < 4.78 is 23.1. The highest BCUT2D eigenvalue weighted by molar-refractivity contribution is 6.03. The van der Waals surface area contributed by atoms with Crippen LogP contribution in [0.5, 0.6) is 23.0 Å². The molecule has 0 aromatic heterocycles. The molecule has 188 valence electrons. The fourth-order valence-corrected chi connectivity index (χ4v) is 4.88. The monoisotopic (exact) mass is 481 g/mol. The minimum atomic E-state index is -0.630. The Balaban J connectivity index is 1.42. The molecule has 1 saturated heterocycles. The lowest BCUT2D eigenvalue weighted by molar-refractivity contribution is -0.137. The Morgan fingerprint density at radius 3 is 2.40 bits per heavy atom. The quantitative estimate of drug-likeness (QED) is 0.616. The smallest absolute Gasteiger partial charge is 0.260 e. The van der Waals surface area contributed by atoms with Crippen LogP contribution in [0.3, 0.4) is 0 Å². The van der Waals surface area contributed by atoms with Crippen molar-refractivity contribution >= 4 is 11.7 Å². The number of amides is 1. The van der Waals surface area contributed by atoms with Gasteiger partial charge < -0.3 is 23.8 Å². The molecule has 7 nitrogen and oxygen atoms in total. The summed E-state index contributed by atoms with van der Waals surface area (Å²) in [6, 6.07) is 9.48. The van der Waals surface area contributed by atoms with Gasteiger partial charge in [-0.15, -0.1) is 0 Å². The maximum atomic E-state index is 13.0. The van der Waals surface area contributed by atoms with Crippen LogP contribution in [0.25, 0.3) is 0 Å². The first-order chi connectivity index (χ1) is 16.5. The lowest BCUT2D eigenvalue weighted by atomic mass is 9.82. The number of ether oxygens (including phenoxy) is 4. The molecule has 2 aromatic rings. The van der Waals surface area contributed by atoms with Crippen molar-refractivity contribution in [3.63, 3.8) is 0 Å². The van der Waals surface area contributed by atoms with Crippen LogP contribution in [0.4, 0.5) is 0 Å². The number of hydrogen-bond donors (Lipinski definition) is 0. The molecule has 4 rings (SSSR count). The van der Waals surface area contributed by atoms with Crippen molar-refractivity contribution in [2.45, 2.75) is 58.0 Å². The number of rotatable bonds is 5. The van der Waals surface area contributed by atoms with E-state index in [4.69, 9.17) is 18.9 Å². The molecule has 35 heavy (non-hydrogen) atoms. The van der Waals surface area contributed by atoms with Gasteiger partial charge in [0.05, 0.1) is 20.6 Å². The second-order valence-corrected chi connectivity index (χ2v) is 10.5. The molecule has 2 aliphatic rings. The number of ketones is 1. The number of benzene rings is 2. The summed E-state index contributed by atoms with van der Waals surface area (Å²) in [4.78, 5) is 27.8. The van der Waals surface area contributed by atoms with Gasteiger partial charge in [0.1, 0.15) is 34.2 Å². The molecule has 0 aliphatic carbocycles. The lowest BCUT2D eigenvalue weighted by Crippen LogP contribution is -2.53. The van der Waals surface area contributed by atoms with Gasteiger partial charge in [0.15, 0.2) is 12.4 Å². The number of methoxy groups -OCH3 is 2. The second-order valence-electron chi connectivity index (χ2n) is 10.5. The summed E-state index contributed by atoms with van der Waals surface area (Å²) in [5.74, 6) is 2.17. The molecular formula is C28H35NO6. The predicted octanol–water partition coefficient (Wildman–Crippen LogP) is 4.72. The van der Waals surface area contributed by atoms with E-state index in [-0.39, 0.29) is 30.1 Å². The van der Waals surface area contributed by atoms with Gasteiger partial charge in [0.25, 0.3) is 5.91 Å². The summed E-state index contributed by atoms with van der Waals surface area (Å²) in [5.41, 5.74) is 1.98. The summed E-state index contributed by atoms with van der Waals surface area (Å²) in [6.45, 7) is 9.45. The van der Waals surface area contributed by atoms with Crippen molar-refractivity contribution in [2.24, 2.45) is 0 Å². The van der Waals surface area contributed by atoms with Gasteiger partial charge in [-0.05, 0) is 24.0 Å². The molecule has 1 fully saturated rings. The number of fused-ring (bicyclic) bond motifs is 1. The van der Waals surface area contributed by atoms with Crippen LogP contribution in [-0.2, 0) is 10.2 Å². The number of carbonyl (C=O) groups is 2. The number of hydrogen-bond acceptors (Lipinski definition) is 6. The van der Waals surface area contributed by atoms with E-state index in [1.54, 1.807) is 24.1 Å². The van der Waals surface area contributed by atoms with Crippen molar-refractivity contribution in [1.29, 1.82) is 0 Å². The number of carbonyl (C=O) groups excluding carboxylic acids is 2. The summed E-state index contributed by atoms with van der Waals surface area (Å²) in [7, 11) is 3.09. The Labute approximate surface area is 207 Å². The average molecular weight is 482 g/mol. The van der Waals surface area contributed by atoms with Crippen LogP contribution < -0.4 is 18.9 Å². The van der Waals surface area contributed by atoms with E-state index in [0.717, 1.165) is 16.9 Å². The first-order valence-corrected chi connectivity index (χ1v) is 12.1. The Morgan fingerprint density at radius 1 is 1.06 bits per heavy atom. The molecule has 0 saturated carbocycles. The SMILES string of the molecule is COc1cc(OC)c2c(c1)OC1(CCN(C(=O)COc3ccc(C)cc3C(C)(C)C)CC1)CC2=O. The average Bonchev–Trinajstić information content (AvgIpc) is 2.81. The molecule has 0 N–H and O–H groups in total. The first kappa shape index (κ1) is 24.9. The number of nitrogens with zero attached hydrogens (tertiary/aromatic N) is 1. The van der Waals surface area contributed by atoms with E-state index in [1.807, 2.05) is 12.1 Å². The molecule has 2 aliphatic heterocycles. The van der Waals surface area contributed by atoms with Crippen LogP contribution in [0, 0.1) is 6.92 Å². The number of Topliss-reactive ketones (excluding diaryl/α,β-unsaturated/α-hetero) is 1. The maximum Gasteiger partial charge on any atom is 0.260 e. The zero-order valence-electron chi connectivity index (χ0n) is 21.5. The van der Waals surface area contributed by atoms with Gasteiger partial charge in [-0.2, -0.15) is 0 Å². The van der Waals surface area contributed by atoms with Crippen molar-refractivity contribution < 1.29 is 28.5 Å². The molecule has 2 aromatic carbocycles. The number of aryl methyl sites for hydroxylation is 1. The van der Waals surface area contributed by atoms with Crippen molar-refractivity contribution in [2.75, 3.05) is 33.9 Å². The molecular weight excluding hydrogens is 446 g/mol. The number of piperidine rings is 1. The summed E-state index contributed by atoms with van der Waals surface area (Å²) >= 11 is 0. The third kappa shape index (κ3) is 5.09. The Bertz CT molecular complexity index is 1120. The van der Waals surface area contributed by atoms with Gasteiger partial charge >= 0.3 is 0 Å². The van der Waals surface area contributed by atoms with E-state index >= 15 is 0 Å². The molecule has 7 heteroatoms. The minimum absolute atomic E-state index is 0.0112. The molecule has 0 atom stereocenters. The number of likely N-dealkylation sites (tertiary alicyclic amines) is 1. The zero-order valence-corrected chi connectivity index (χ0v) is 21.5. The molecule has 1 spiro atoms. The third-order valence-electron chi connectivity index (χ3n) is 6.90. The molecule has 0 bridgehead atoms. The van der Waals surface area contributed by atoms with Crippen molar-refractivity contribution in [3.05, 3.63) is 47.0 Å². The topological polar surface area (TPSA) is 74.3 Å². The van der Waals surface area contributed by atoms with Crippen LogP contribution in [0.2, 0.25) is 0 Å². The highest BCUT2D eigenvalue weighted by atomic mass is 16.5. The van der Waals surface area contributed by atoms with Crippen LogP contribution in [-0.4, -0.2) is 56.1 Å². The zero-order chi connectivity index (χ0) is 25.4. The van der Waals surface area contributed by atoms with Gasteiger partial charge in [-0.1, -0.05) is 38.5 Å². The Kier molecular flexibility index (Phi) is 6.71. The fraction of sp³-hybridized carbons (Fsp3) is 0.500. The molecule has 2 heterocycles. The van der Waals surface area contributed by atoms with E-state index in [1.165, 1.54) is 7.11 Å². The largest absolute Gasteiger partial charge is 0.496 e. The standard InChI is InChI=1S/C28H35NO6/c1-18-7-8-22(20(13-18)27(2,3)4)34-17-25(31)29-11-9-28(10-12-29)16-21(30)26-23(33-6)14-19(32-5)15-24(26)35-28/h7-8,13-15H,9-12,16-17H2,1-6H3. The molecule has 1 amide bonds. The van der Waals surface area contributed by atoms with Gasteiger partial charge in [-0.25, -0.2) is 0 Å². The van der Waals surface area contributed by atoms with Crippen LogP contribution in [0.15, 0.2) is 30.3 Å². The van der Waals surface area contributed by atoms with Crippen LogP contribution >= 0.6 is 0 Å². The normalized spacial score (nSPS) is 17.0.